The van der Waals surface area contributed by atoms with E-state index in [1.54, 1.807) is 0 Å². The molecule has 0 radical (unpaired) electrons. The Labute approximate surface area is 95.8 Å². The fourth-order valence-corrected chi connectivity index (χ4v) is 2.75. The lowest BCUT2D eigenvalue weighted by Gasteiger charge is -2.34. The molecule has 3 nitrogen and oxygen atoms in total. The lowest BCUT2D eigenvalue weighted by Crippen LogP contribution is -2.37. The molecule has 0 bridgehead atoms. The Morgan fingerprint density at radius 2 is 2.25 bits per heavy atom. The van der Waals surface area contributed by atoms with Gasteiger partial charge in [-0.3, -0.25) is 0 Å². The zero-order valence-electron chi connectivity index (χ0n) is 9.48. The Bertz CT molecular complexity index is 380. The van der Waals surface area contributed by atoms with Crippen LogP contribution < -0.4 is 10.1 Å². The summed E-state index contributed by atoms with van der Waals surface area (Å²) in [5.74, 6) is 1.99. The SMILES string of the molecule is CCOC1Oc2ccccc2[C@H]2CNC[C@@H]12. The molecule has 1 aromatic rings. The number of benzene rings is 1. The minimum absolute atomic E-state index is 0.0834. The topological polar surface area (TPSA) is 30.5 Å². The molecular formula is C13H17NO2. The third-order valence-electron chi connectivity index (χ3n) is 3.50. The van der Waals surface area contributed by atoms with Gasteiger partial charge < -0.3 is 14.8 Å². The standard InChI is InChI=1S/C13H17NO2/c1-2-15-13-11-8-14-7-10(11)9-5-3-4-6-12(9)16-13/h3-6,10-11,13-14H,2,7-8H2,1H3/t10-,11-,13?/m1/s1. The summed E-state index contributed by atoms with van der Waals surface area (Å²) in [5, 5.41) is 3.43. The summed E-state index contributed by atoms with van der Waals surface area (Å²) in [4.78, 5) is 0. The van der Waals surface area contributed by atoms with Crippen molar-refractivity contribution in [1.82, 2.24) is 5.32 Å². The van der Waals surface area contributed by atoms with E-state index in [2.05, 4.69) is 17.4 Å². The van der Waals surface area contributed by atoms with E-state index >= 15 is 0 Å². The number of para-hydroxylation sites is 1. The van der Waals surface area contributed by atoms with Crippen LogP contribution in [0.5, 0.6) is 5.75 Å². The van der Waals surface area contributed by atoms with Crippen LogP contribution in [0.25, 0.3) is 0 Å². The minimum atomic E-state index is -0.0834. The van der Waals surface area contributed by atoms with Crippen LogP contribution in [0.3, 0.4) is 0 Å². The van der Waals surface area contributed by atoms with Crippen LogP contribution in [-0.4, -0.2) is 26.0 Å². The van der Waals surface area contributed by atoms with Gasteiger partial charge >= 0.3 is 0 Å². The van der Waals surface area contributed by atoms with Crippen molar-refractivity contribution in [3.63, 3.8) is 0 Å². The highest BCUT2D eigenvalue weighted by atomic mass is 16.7. The molecule has 3 rings (SSSR count). The quantitative estimate of drug-likeness (QED) is 0.822. The largest absolute Gasteiger partial charge is 0.464 e. The average Bonchev–Trinajstić information content (AvgIpc) is 2.79. The molecule has 0 spiro atoms. The number of rotatable bonds is 2. The first-order valence-corrected chi connectivity index (χ1v) is 5.98. The van der Waals surface area contributed by atoms with Gasteiger partial charge in [-0.1, -0.05) is 18.2 Å². The summed E-state index contributed by atoms with van der Waals surface area (Å²) in [5.41, 5.74) is 1.33. The highest BCUT2D eigenvalue weighted by Gasteiger charge is 2.41. The molecule has 0 aliphatic carbocycles. The molecule has 1 aromatic carbocycles. The highest BCUT2D eigenvalue weighted by molar-refractivity contribution is 5.39. The normalized spacial score (nSPS) is 31.7. The summed E-state index contributed by atoms with van der Waals surface area (Å²) >= 11 is 0. The molecular weight excluding hydrogens is 202 g/mol. The lowest BCUT2D eigenvalue weighted by atomic mass is 9.86. The number of ether oxygens (including phenoxy) is 2. The number of nitrogens with one attached hydrogen (secondary N) is 1. The Morgan fingerprint density at radius 3 is 3.12 bits per heavy atom. The van der Waals surface area contributed by atoms with Gasteiger partial charge in [-0.2, -0.15) is 0 Å². The van der Waals surface area contributed by atoms with Gasteiger partial charge in [0.2, 0.25) is 6.29 Å². The molecule has 16 heavy (non-hydrogen) atoms. The number of hydrogen-bond acceptors (Lipinski definition) is 3. The van der Waals surface area contributed by atoms with Crippen molar-refractivity contribution in [2.24, 2.45) is 5.92 Å². The van der Waals surface area contributed by atoms with Crippen molar-refractivity contribution in [2.45, 2.75) is 19.1 Å². The Balaban J connectivity index is 1.95. The van der Waals surface area contributed by atoms with Crippen LogP contribution in [-0.2, 0) is 4.74 Å². The molecule has 0 amide bonds. The molecule has 3 heteroatoms. The van der Waals surface area contributed by atoms with Gasteiger partial charge in [0.25, 0.3) is 0 Å². The second-order valence-corrected chi connectivity index (χ2v) is 4.41. The summed E-state index contributed by atoms with van der Waals surface area (Å²) in [6.45, 7) is 4.75. The second kappa shape index (κ2) is 4.07. The molecule has 86 valence electrons. The minimum Gasteiger partial charge on any atom is -0.464 e. The molecule has 2 aliphatic rings. The molecule has 2 aliphatic heterocycles. The van der Waals surface area contributed by atoms with Crippen molar-refractivity contribution in [2.75, 3.05) is 19.7 Å². The van der Waals surface area contributed by atoms with E-state index in [0.29, 0.717) is 18.4 Å². The zero-order valence-corrected chi connectivity index (χ0v) is 9.48. The van der Waals surface area contributed by atoms with E-state index in [-0.39, 0.29) is 6.29 Å². The highest BCUT2D eigenvalue weighted by Crippen LogP contribution is 2.41. The van der Waals surface area contributed by atoms with E-state index in [0.717, 1.165) is 18.8 Å². The van der Waals surface area contributed by atoms with Crippen LogP contribution in [0.1, 0.15) is 18.4 Å². The van der Waals surface area contributed by atoms with Crippen molar-refractivity contribution in [1.29, 1.82) is 0 Å². The van der Waals surface area contributed by atoms with Crippen LogP contribution >= 0.6 is 0 Å². The maximum absolute atomic E-state index is 5.92. The van der Waals surface area contributed by atoms with E-state index in [9.17, 15) is 0 Å². The fourth-order valence-electron chi connectivity index (χ4n) is 2.75. The maximum Gasteiger partial charge on any atom is 0.204 e. The molecule has 2 heterocycles. The Kier molecular flexibility index (Phi) is 2.58. The van der Waals surface area contributed by atoms with Crippen LogP contribution in [0.2, 0.25) is 0 Å². The third-order valence-corrected chi connectivity index (χ3v) is 3.50. The van der Waals surface area contributed by atoms with Crippen molar-refractivity contribution in [3.8, 4) is 5.75 Å². The molecule has 1 unspecified atom stereocenters. The zero-order chi connectivity index (χ0) is 11.0. The van der Waals surface area contributed by atoms with Gasteiger partial charge in [-0.15, -0.1) is 0 Å². The van der Waals surface area contributed by atoms with E-state index in [4.69, 9.17) is 9.47 Å². The van der Waals surface area contributed by atoms with Crippen LogP contribution in [0, 0.1) is 5.92 Å². The lowest BCUT2D eigenvalue weighted by molar-refractivity contribution is -0.119. The molecule has 1 N–H and O–H groups in total. The summed E-state index contributed by atoms with van der Waals surface area (Å²) < 4.78 is 11.6. The molecule has 0 saturated carbocycles. The molecule has 0 aromatic heterocycles. The monoisotopic (exact) mass is 219 g/mol. The third kappa shape index (κ3) is 1.51. The second-order valence-electron chi connectivity index (χ2n) is 4.41. The predicted molar refractivity (Wildman–Crippen MR) is 61.6 cm³/mol. The summed E-state index contributed by atoms with van der Waals surface area (Å²) in [7, 11) is 0. The molecule has 1 fully saturated rings. The summed E-state index contributed by atoms with van der Waals surface area (Å²) in [6.07, 6.45) is -0.0834. The van der Waals surface area contributed by atoms with Crippen molar-refractivity contribution < 1.29 is 9.47 Å². The smallest absolute Gasteiger partial charge is 0.204 e. The van der Waals surface area contributed by atoms with Crippen molar-refractivity contribution >= 4 is 0 Å². The molecule has 3 atom stereocenters. The first-order chi connectivity index (χ1) is 7.90. The Hall–Kier alpha value is -1.06. The summed E-state index contributed by atoms with van der Waals surface area (Å²) in [6, 6.07) is 8.31. The Morgan fingerprint density at radius 1 is 1.38 bits per heavy atom. The fraction of sp³-hybridized carbons (Fsp3) is 0.538. The molecule has 1 saturated heterocycles. The van der Waals surface area contributed by atoms with Crippen LogP contribution in [0.15, 0.2) is 24.3 Å². The first-order valence-electron chi connectivity index (χ1n) is 5.98. The first kappa shape index (κ1) is 10.1. The predicted octanol–water partition coefficient (Wildman–Crippen LogP) is 1.74. The van der Waals surface area contributed by atoms with E-state index in [1.165, 1.54) is 5.56 Å². The number of fused-ring (bicyclic) bond motifs is 3. The van der Waals surface area contributed by atoms with Crippen LogP contribution in [0.4, 0.5) is 0 Å². The number of hydrogen-bond donors (Lipinski definition) is 1. The average molecular weight is 219 g/mol. The van der Waals surface area contributed by atoms with Gasteiger partial charge in [-0.25, -0.2) is 0 Å². The van der Waals surface area contributed by atoms with Gasteiger partial charge in [0, 0.05) is 31.5 Å². The van der Waals surface area contributed by atoms with Gasteiger partial charge in [0.1, 0.15) is 5.75 Å². The van der Waals surface area contributed by atoms with Crippen molar-refractivity contribution in [3.05, 3.63) is 29.8 Å². The van der Waals surface area contributed by atoms with Gasteiger partial charge in [-0.05, 0) is 18.6 Å². The van der Waals surface area contributed by atoms with E-state index in [1.807, 2.05) is 19.1 Å². The van der Waals surface area contributed by atoms with E-state index < -0.39 is 0 Å². The van der Waals surface area contributed by atoms with Gasteiger partial charge in [0.15, 0.2) is 0 Å². The maximum atomic E-state index is 5.92. The van der Waals surface area contributed by atoms with Gasteiger partial charge in [0.05, 0.1) is 0 Å².